The Morgan fingerprint density at radius 1 is 1.20 bits per heavy atom. The fourth-order valence-corrected chi connectivity index (χ4v) is 2.82. The van der Waals surface area contributed by atoms with Gasteiger partial charge in [0.25, 0.3) is 0 Å². The van der Waals surface area contributed by atoms with Gasteiger partial charge in [-0.1, -0.05) is 12.1 Å². The molecule has 6 heteroatoms. The van der Waals surface area contributed by atoms with Gasteiger partial charge in [0.15, 0.2) is 5.65 Å². The molecule has 0 saturated heterocycles. The van der Waals surface area contributed by atoms with Crippen LogP contribution in [0.5, 0.6) is 5.75 Å². The van der Waals surface area contributed by atoms with Crippen molar-refractivity contribution in [3.63, 3.8) is 0 Å². The van der Waals surface area contributed by atoms with Crippen molar-refractivity contribution in [1.29, 1.82) is 0 Å². The minimum Gasteiger partial charge on any atom is -0.508 e. The largest absolute Gasteiger partial charge is 0.508 e. The third kappa shape index (κ3) is 2.55. The van der Waals surface area contributed by atoms with Crippen LogP contribution in [0.4, 0.5) is 0 Å². The lowest BCUT2D eigenvalue weighted by Crippen LogP contribution is -2.21. The fourth-order valence-electron chi connectivity index (χ4n) is 1.94. The number of aromatic nitrogens is 3. The highest BCUT2D eigenvalue weighted by atomic mass is 32.2. The van der Waals surface area contributed by atoms with E-state index in [4.69, 9.17) is 0 Å². The molecule has 102 valence electrons. The zero-order valence-corrected chi connectivity index (χ0v) is 11.5. The van der Waals surface area contributed by atoms with E-state index in [1.165, 1.54) is 9.08 Å². The highest BCUT2D eigenvalue weighted by Crippen LogP contribution is 2.21. The highest BCUT2D eigenvalue weighted by Gasteiger charge is 2.05. The smallest absolute Gasteiger partial charge is 0.350 e. The number of phenols is 1. The summed E-state index contributed by atoms with van der Waals surface area (Å²) < 4.78 is 2.99. The molecule has 0 radical (unpaired) electrons. The fraction of sp³-hybridized carbons (Fsp3) is 0.143. The van der Waals surface area contributed by atoms with Gasteiger partial charge in [0, 0.05) is 16.8 Å². The number of nitrogens with zero attached hydrogens (tertiary/aromatic N) is 3. The molecular weight excluding hydrogens is 274 g/mol. The summed E-state index contributed by atoms with van der Waals surface area (Å²) in [7, 11) is 0. The Morgan fingerprint density at radius 2 is 2.10 bits per heavy atom. The van der Waals surface area contributed by atoms with Crippen molar-refractivity contribution in [3.8, 4) is 5.75 Å². The topological polar surface area (TPSA) is 59.5 Å². The normalized spacial score (nSPS) is 11.0. The number of aryl methyl sites for hydroxylation is 1. The summed E-state index contributed by atoms with van der Waals surface area (Å²) in [5, 5.41) is 13.7. The SMILES string of the molecule is O=c1n(CCSc2cccc(O)c2)nc2ccccn12. The summed E-state index contributed by atoms with van der Waals surface area (Å²) in [6.45, 7) is 0.529. The van der Waals surface area contributed by atoms with Crippen LogP contribution in [0.3, 0.4) is 0 Å². The first-order valence-electron chi connectivity index (χ1n) is 6.20. The van der Waals surface area contributed by atoms with Crippen molar-refractivity contribution in [3.05, 3.63) is 59.1 Å². The first kappa shape index (κ1) is 12.8. The van der Waals surface area contributed by atoms with Crippen molar-refractivity contribution in [2.45, 2.75) is 11.4 Å². The van der Waals surface area contributed by atoms with Crippen LogP contribution in [0.25, 0.3) is 5.65 Å². The molecule has 0 bridgehead atoms. The molecule has 0 saturated carbocycles. The van der Waals surface area contributed by atoms with E-state index in [1.54, 1.807) is 42.2 Å². The number of fused-ring (bicyclic) bond motifs is 1. The predicted octanol–water partition coefficient (Wildman–Crippen LogP) is 1.99. The lowest BCUT2D eigenvalue weighted by molar-refractivity contribution is 0.474. The summed E-state index contributed by atoms with van der Waals surface area (Å²) in [6, 6.07) is 12.5. The number of hydrogen-bond donors (Lipinski definition) is 1. The number of rotatable bonds is 4. The first-order chi connectivity index (χ1) is 9.74. The zero-order chi connectivity index (χ0) is 13.9. The summed E-state index contributed by atoms with van der Waals surface area (Å²) in [5.74, 6) is 0.965. The van der Waals surface area contributed by atoms with Crippen LogP contribution in [-0.4, -0.2) is 25.0 Å². The van der Waals surface area contributed by atoms with E-state index in [9.17, 15) is 9.90 Å². The van der Waals surface area contributed by atoms with Crippen molar-refractivity contribution in [1.82, 2.24) is 14.2 Å². The van der Waals surface area contributed by atoms with Gasteiger partial charge in [-0.3, -0.25) is 4.40 Å². The van der Waals surface area contributed by atoms with Crippen LogP contribution in [0.2, 0.25) is 0 Å². The Morgan fingerprint density at radius 3 is 2.90 bits per heavy atom. The molecule has 0 fully saturated rings. The number of hydrogen-bond acceptors (Lipinski definition) is 4. The highest BCUT2D eigenvalue weighted by molar-refractivity contribution is 7.99. The Balaban J connectivity index is 1.71. The average molecular weight is 287 g/mol. The number of aromatic hydroxyl groups is 1. The molecular formula is C14H13N3O2S. The second kappa shape index (κ2) is 5.42. The predicted molar refractivity (Wildman–Crippen MR) is 78.3 cm³/mol. The molecule has 0 aliphatic heterocycles. The van der Waals surface area contributed by atoms with E-state index < -0.39 is 0 Å². The average Bonchev–Trinajstić information content (AvgIpc) is 2.76. The summed E-state index contributed by atoms with van der Waals surface area (Å²) in [6.07, 6.45) is 1.71. The summed E-state index contributed by atoms with van der Waals surface area (Å²) in [4.78, 5) is 13.0. The van der Waals surface area contributed by atoms with Crippen molar-refractivity contribution in [2.75, 3.05) is 5.75 Å². The molecule has 3 aromatic rings. The number of benzene rings is 1. The molecule has 5 nitrogen and oxygen atoms in total. The molecule has 0 amide bonds. The van der Waals surface area contributed by atoms with E-state index >= 15 is 0 Å². The van der Waals surface area contributed by atoms with Gasteiger partial charge in [-0.15, -0.1) is 16.9 Å². The van der Waals surface area contributed by atoms with Gasteiger partial charge in [0.1, 0.15) is 5.75 Å². The van der Waals surface area contributed by atoms with Gasteiger partial charge in [0.05, 0.1) is 6.54 Å². The Bertz CT molecular complexity index is 794. The van der Waals surface area contributed by atoms with E-state index in [0.717, 1.165) is 4.90 Å². The molecule has 3 rings (SSSR count). The molecule has 0 aliphatic rings. The second-order valence-corrected chi connectivity index (χ2v) is 5.45. The molecule has 0 spiro atoms. The maximum absolute atomic E-state index is 12.0. The van der Waals surface area contributed by atoms with Crippen LogP contribution >= 0.6 is 11.8 Å². The Labute approximate surface area is 119 Å². The first-order valence-corrected chi connectivity index (χ1v) is 7.19. The lowest BCUT2D eigenvalue weighted by atomic mass is 10.3. The van der Waals surface area contributed by atoms with Gasteiger partial charge in [0.2, 0.25) is 0 Å². The van der Waals surface area contributed by atoms with Crippen molar-refractivity contribution >= 4 is 17.4 Å². The molecule has 0 unspecified atom stereocenters. The number of phenolic OH excluding ortho intramolecular Hbond substituents is 1. The molecule has 0 aliphatic carbocycles. The monoisotopic (exact) mass is 287 g/mol. The quantitative estimate of drug-likeness (QED) is 0.746. The van der Waals surface area contributed by atoms with Gasteiger partial charge in [-0.05, 0) is 30.3 Å². The van der Waals surface area contributed by atoms with Crippen LogP contribution < -0.4 is 5.69 Å². The molecule has 1 N–H and O–H groups in total. The summed E-state index contributed by atoms with van der Waals surface area (Å²) >= 11 is 1.58. The van der Waals surface area contributed by atoms with E-state index in [0.29, 0.717) is 17.9 Å². The number of thioether (sulfide) groups is 1. The van der Waals surface area contributed by atoms with E-state index in [-0.39, 0.29) is 11.4 Å². The minimum absolute atomic E-state index is 0.128. The second-order valence-electron chi connectivity index (χ2n) is 4.28. The van der Waals surface area contributed by atoms with Gasteiger partial charge in [-0.2, -0.15) is 0 Å². The van der Waals surface area contributed by atoms with Crippen LogP contribution in [-0.2, 0) is 6.54 Å². The van der Waals surface area contributed by atoms with Gasteiger partial charge < -0.3 is 5.11 Å². The molecule has 0 atom stereocenters. The molecule has 1 aromatic carbocycles. The number of pyridine rings is 1. The maximum atomic E-state index is 12.0. The van der Waals surface area contributed by atoms with Crippen LogP contribution in [0.1, 0.15) is 0 Å². The molecule has 2 heterocycles. The maximum Gasteiger partial charge on any atom is 0.350 e. The van der Waals surface area contributed by atoms with E-state index in [2.05, 4.69) is 5.10 Å². The van der Waals surface area contributed by atoms with Crippen molar-refractivity contribution in [2.24, 2.45) is 0 Å². The lowest BCUT2D eigenvalue weighted by Gasteiger charge is -2.01. The van der Waals surface area contributed by atoms with Crippen LogP contribution in [0.15, 0.2) is 58.4 Å². The molecule has 20 heavy (non-hydrogen) atoms. The van der Waals surface area contributed by atoms with E-state index in [1.807, 2.05) is 18.2 Å². The Hall–Kier alpha value is -2.21. The van der Waals surface area contributed by atoms with Crippen molar-refractivity contribution < 1.29 is 5.11 Å². The molecule has 2 aromatic heterocycles. The van der Waals surface area contributed by atoms with Gasteiger partial charge >= 0.3 is 5.69 Å². The minimum atomic E-state index is -0.128. The summed E-state index contributed by atoms with van der Waals surface area (Å²) in [5.41, 5.74) is 0.525. The van der Waals surface area contributed by atoms with Crippen LogP contribution in [0, 0.1) is 0 Å². The third-order valence-corrected chi connectivity index (χ3v) is 3.85. The standard InChI is InChI=1S/C14H13N3O2S/c18-11-4-3-5-12(10-11)20-9-8-17-14(19)16-7-2-1-6-13(16)15-17/h1-7,10,18H,8-9H2. The van der Waals surface area contributed by atoms with Gasteiger partial charge in [-0.25, -0.2) is 9.48 Å². The Kier molecular flexibility index (Phi) is 3.47. The zero-order valence-electron chi connectivity index (χ0n) is 10.6. The third-order valence-electron chi connectivity index (χ3n) is 2.88.